The van der Waals surface area contributed by atoms with Gasteiger partial charge in [-0.3, -0.25) is 4.90 Å². The first-order valence-corrected chi connectivity index (χ1v) is 5.63. The number of hydrogen-bond donors (Lipinski definition) is 0. The maximum Gasteiger partial charge on any atom is 0.0615 e. The molecule has 0 spiro atoms. The smallest absolute Gasteiger partial charge is 0.0615 e. The molecule has 0 saturated carbocycles. The predicted octanol–water partition coefficient (Wildman–Crippen LogP) is 2.11. The monoisotopic (exact) mass is 205 g/mol. The van der Waals surface area contributed by atoms with Gasteiger partial charge in [0.25, 0.3) is 0 Å². The first kappa shape index (κ1) is 11.3. The third kappa shape index (κ3) is 3.12. The topological polar surface area (TPSA) is 12.5 Å². The average Bonchev–Trinajstić information content (AvgIpc) is 2.18. The maximum atomic E-state index is 5.94. The van der Waals surface area contributed by atoms with Crippen molar-refractivity contribution in [3.8, 4) is 0 Å². The summed E-state index contributed by atoms with van der Waals surface area (Å²) in [5, 5.41) is 0. The lowest BCUT2D eigenvalue weighted by atomic mass is 10.0. The van der Waals surface area contributed by atoms with Crippen molar-refractivity contribution in [2.45, 2.75) is 38.3 Å². The Labute approximate surface area is 86.2 Å². The van der Waals surface area contributed by atoms with E-state index in [1.54, 1.807) is 7.11 Å². The lowest BCUT2D eigenvalue weighted by molar-refractivity contribution is 0.0566. The highest BCUT2D eigenvalue weighted by Crippen LogP contribution is 2.20. The predicted molar refractivity (Wildman–Crippen MR) is 56.4 cm³/mol. The van der Waals surface area contributed by atoms with Crippen LogP contribution in [0.4, 0.5) is 0 Å². The van der Waals surface area contributed by atoms with Crippen LogP contribution in [-0.4, -0.2) is 43.1 Å². The van der Waals surface area contributed by atoms with Crippen LogP contribution in [-0.2, 0) is 4.74 Å². The van der Waals surface area contributed by atoms with Gasteiger partial charge in [0.15, 0.2) is 0 Å². The van der Waals surface area contributed by atoms with Crippen LogP contribution >= 0.6 is 11.6 Å². The van der Waals surface area contributed by atoms with Crippen molar-refractivity contribution in [2.75, 3.05) is 26.1 Å². The molecular formula is C10H20ClNO. The summed E-state index contributed by atoms with van der Waals surface area (Å²) in [7, 11) is 1.76. The largest absolute Gasteiger partial charge is 0.383 e. The molecule has 1 aliphatic heterocycles. The van der Waals surface area contributed by atoms with E-state index in [9.17, 15) is 0 Å². The summed E-state index contributed by atoms with van der Waals surface area (Å²) in [6, 6.07) is 1.08. The first-order chi connectivity index (χ1) is 6.29. The Morgan fingerprint density at radius 1 is 1.54 bits per heavy atom. The van der Waals surface area contributed by atoms with Crippen LogP contribution in [0.25, 0.3) is 0 Å². The van der Waals surface area contributed by atoms with Crippen molar-refractivity contribution >= 4 is 11.6 Å². The van der Waals surface area contributed by atoms with Crippen LogP contribution in [0.1, 0.15) is 26.2 Å². The summed E-state index contributed by atoms with van der Waals surface area (Å²) in [4.78, 5) is 2.49. The van der Waals surface area contributed by atoms with Gasteiger partial charge in [-0.15, -0.1) is 11.6 Å². The van der Waals surface area contributed by atoms with E-state index < -0.39 is 0 Å². The molecule has 0 radical (unpaired) electrons. The fraction of sp³-hybridized carbons (Fsp3) is 1.00. The first-order valence-electron chi connectivity index (χ1n) is 5.10. The SMILES string of the molecule is COCC(C)N1CCCCC1CCl. The molecule has 0 aromatic carbocycles. The van der Waals surface area contributed by atoms with E-state index >= 15 is 0 Å². The molecule has 0 aromatic heterocycles. The van der Waals surface area contributed by atoms with Gasteiger partial charge >= 0.3 is 0 Å². The molecule has 0 bridgehead atoms. The van der Waals surface area contributed by atoms with Gasteiger partial charge in [-0.2, -0.15) is 0 Å². The molecule has 0 amide bonds. The highest BCUT2D eigenvalue weighted by molar-refractivity contribution is 6.18. The molecule has 1 aliphatic rings. The van der Waals surface area contributed by atoms with Crippen LogP contribution < -0.4 is 0 Å². The summed E-state index contributed by atoms with van der Waals surface area (Å²) in [6.07, 6.45) is 3.88. The molecular weight excluding hydrogens is 186 g/mol. The van der Waals surface area contributed by atoms with Crippen LogP contribution in [0, 0.1) is 0 Å². The second kappa shape index (κ2) is 5.84. The fourth-order valence-electron chi connectivity index (χ4n) is 2.11. The second-order valence-electron chi connectivity index (χ2n) is 3.85. The van der Waals surface area contributed by atoms with Crippen molar-refractivity contribution in [3.05, 3.63) is 0 Å². The van der Waals surface area contributed by atoms with E-state index in [1.165, 1.54) is 25.8 Å². The zero-order chi connectivity index (χ0) is 9.68. The van der Waals surface area contributed by atoms with Crippen LogP contribution in [0.3, 0.4) is 0 Å². The number of piperidine rings is 1. The quantitative estimate of drug-likeness (QED) is 0.652. The minimum Gasteiger partial charge on any atom is -0.383 e. The molecule has 1 saturated heterocycles. The van der Waals surface area contributed by atoms with Crippen molar-refractivity contribution in [1.82, 2.24) is 4.90 Å². The highest BCUT2D eigenvalue weighted by Gasteiger charge is 2.25. The van der Waals surface area contributed by atoms with Crippen LogP contribution in [0.15, 0.2) is 0 Å². The molecule has 1 rings (SSSR count). The summed E-state index contributed by atoms with van der Waals surface area (Å²) >= 11 is 5.94. The zero-order valence-electron chi connectivity index (χ0n) is 8.63. The Balaban J connectivity index is 2.43. The van der Waals surface area contributed by atoms with Crippen molar-refractivity contribution in [3.63, 3.8) is 0 Å². The van der Waals surface area contributed by atoms with Gasteiger partial charge in [-0.05, 0) is 26.3 Å². The van der Waals surface area contributed by atoms with Crippen LogP contribution in [0.2, 0.25) is 0 Å². The van der Waals surface area contributed by atoms with Gasteiger partial charge < -0.3 is 4.74 Å². The average molecular weight is 206 g/mol. The molecule has 2 unspecified atom stereocenters. The molecule has 1 fully saturated rings. The Kier molecular flexibility index (Phi) is 5.07. The zero-order valence-corrected chi connectivity index (χ0v) is 9.39. The van der Waals surface area contributed by atoms with E-state index in [2.05, 4.69) is 11.8 Å². The van der Waals surface area contributed by atoms with E-state index in [0.29, 0.717) is 12.1 Å². The third-order valence-corrected chi connectivity index (χ3v) is 3.18. The number of rotatable bonds is 4. The Bertz CT molecular complexity index is 143. The van der Waals surface area contributed by atoms with Crippen molar-refractivity contribution in [1.29, 1.82) is 0 Å². The second-order valence-corrected chi connectivity index (χ2v) is 4.15. The number of ether oxygens (including phenoxy) is 1. The Morgan fingerprint density at radius 2 is 2.31 bits per heavy atom. The molecule has 78 valence electrons. The number of methoxy groups -OCH3 is 1. The molecule has 3 heteroatoms. The van der Waals surface area contributed by atoms with Gasteiger partial charge in [0.2, 0.25) is 0 Å². The van der Waals surface area contributed by atoms with Crippen molar-refractivity contribution < 1.29 is 4.74 Å². The number of hydrogen-bond acceptors (Lipinski definition) is 2. The fourth-order valence-corrected chi connectivity index (χ4v) is 2.44. The van der Waals surface area contributed by atoms with Gasteiger partial charge in [0.05, 0.1) is 6.61 Å². The van der Waals surface area contributed by atoms with Gasteiger partial charge in [0.1, 0.15) is 0 Å². The lowest BCUT2D eigenvalue weighted by Crippen LogP contribution is -2.47. The van der Waals surface area contributed by atoms with Gasteiger partial charge in [-0.25, -0.2) is 0 Å². The number of likely N-dealkylation sites (tertiary alicyclic amines) is 1. The molecule has 13 heavy (non-hydrogen) atoms. The van der Waals surface area contributed by atoms with E-state index in [1.807, 2.05) is 0 Å². The van der Waals surface area contributed by atoms with Gasteiger partial charge in [0, 0.05) is 25.1 Å². The molecule has 0 aromatic rings. The minimum absolute atomic E-state index is 0.508. The van der Waals surface area contributed by atoms with Gasteiger partial charge in [-0.1, -0.05) is 6.42 Å². The minimum atomic E-state index is 0.508. The standard InChI is InChI=1S/C10H20ClNO/c1-9(8-13-2)12-6-4-3-5-10(12)7-11/h9-10H,3-8H2,1-2H3. The van der Waals surface area contributed by atoms with E-state index in [0.717, 1.165) is 12.5 Å². The number of halogens is 1. The Morgan fingerprint density at radius 3 is 2.92 bits per heavy atom. The molecule has 0 N–H and O–H groups in total. The normalized spacial score (nSPS) is 27.5. The highest BCUT2D eigenvalue weighted by atomic mass is 35.5. The van der Waals surface area contributed by atoms with E-state index in [-0.39, 0.29) is 0 Å². The molecule has 2 atom stereocenters. The molecule has 2 nitrogen and oxygen atoms in total. The van der Waals surface area contributed by atoms with Crippen LogP contribution in [0.5, 0.6) is 0 Å². The number of alkyl halides is 1. The summed E-state index contributed by atoms with van der Waals surface area (Å²) in [5.74, 6) is 0.758. The van der Waals surface area contributed by atoms with Crippen molar-refractivity contribution in [2.24, 2.45) is 0 Å². The maximum absolute atomic E-state index is 5.94. The summed E-state index contributed by atoms with van der Waals surface area (Å²) < 4.78 is 5.16. The summed E-state index contributed by atoms with van der Waals surface area (Å²) in [5.41, 5.74) is 0. The lowest BCUT2D eigenvalue weighted by Gasteiger charge is -2.38. The molecule has 0 aliphatic carbocycles. The van der Waals surface area contributed by atoms with E-state index in [4.69, 9.17) is 16.3 Å². The molecule has 1 heterocycles. The number of nitrogens with zero attached hydrogens (tertiary/aromatic N) is 1. The summed E-state index contributed by atoms with van der Waals surface area (Å²) in [6.45, 7) is 4.21. The third-order valence-electron chi connectivity index (χ3n) is 2.82. The Hall–Kier alpha value is 0.210.